The highest BCUT2D eigenvalue weighted by molar-refractivity contribution is 6.73. The van der Waals surface area contributed by atoms with Crippen molar-refractivity contribution in [2.24, 2.45) is 0 Å². The van der Waals surface area contributed by atoms with Crippen LogP contribution in [0.3, 0.4) is 0 Å². The fourth-order valence-electron chi connectivity index (χ4n) is 3.17. The summed E-state index contributed by atoms with van der Waals surface area (Å²) in [5.41, 5.74) is 0.635. The molecule has 2 atom stereocenters. The van der Waals surface area contributed by atoms with E-state index in [9.17, 15) is 9.90 Å². The van der Waals surface area contributed by atoms with Crippen LogP contribution in [0.1, 0.15) is 54.4 Å². The van der Waals surface area contributed by atoms with Crippen LogP contribution in [-0.2, 0) is 9.22 Å². The molecular formula is C16H30O3Si. The van der Waals surface area contributed by atoms with E-state index < -0.39 is 13.9 Å². The van der Waals surface area contributed by atoms with E-state index in [1.54, 1.807) is 6.92 Å². The SMILES string of the molecule is CC[Si](CC)(CC)OC1CCC(C(C)(O)C(C)=O)=C1C. The zero-order valence-electron chi connectivity index (χ0n) is 13.9. The Morgan fingerprint density at radius 1 is 1.35 bits per heavy atom. The van der Waals surface area contributed by atoms with E-state index in [1.165, 1.54) is 6.92 Å². The van der Waals surface area contributed by atoms with Gasteiger partial charge in [0.05, 0.1) is 6.10 Å². The van der Waals surface area contributed by atoms with E-state index in [1.807, 2.05) is 6.92 Å². The number of ketones is 1. The summed E-state index contributed by atoms with van der Waals surface area (Å²) in [6, 6.07) is 3.38. The lowest BCUT2D eigenvalue weighted by molar-refractivity contribution is -0.130. The van der Waals surface area contributed by atoms with Gasteiger partial charge in [-0.2, -0.15) is 0 Å². The molecule has 0 aromatic rings. The number of aliphatic hydroxyl groups is 1. The minimum Gasteiger partial charge on any atom is -0.410 e. The minimum atomic E-state index is -1.64. The highest BCUT2D eigenvalue weighted by Crippen LogP contribution is 2.38. The molecule has 0 aromatic carbocycles. The summed E-state index contributed by atoms with van der Waals surface area (Å²) in [5.74, 6) is -0.183. The van der Waals surface area contributed by atoms with Gasteiger partial charge < -0.3 is 9.53 Å². The number of hydrogen-bond acceptors (Lipinski definition) is 3. The average molecular weight is 298 g/mol. The van der Waals surface area contributed by atoms with Crippen LogP contribution in [0.2, 0.25) is 18.1 Å². The second-order valence-corrected chi connectivity index (χ2v) is 10.9. The van der Waals surface area contributed by atoms with Crippen LogP contribution in [0.4, 0.5) is 0 Å². The summed E-state index contributed by atoms with van der Waals surface area (Å²) in [6.45, 7) is 11.8. The quantitative estimate of drug-likeness (QED) is 0.574. The van der Waals surface area contributed by atoms with Crippen LogP contribution < -0.4 is 0 Å². The minimum absolute atomic E-state index is 0.0994. The lowest BCUT2D eigenvalue weighted by Crippen LogP contribution is -2.40. The van der Waals surface area contributed by atoms with Gasteiger partial charge in [-0.1, -0.05) is 20.8 Å². The Labute approximate surface area is 124 Å². The van der Waals surface area contributed by atoms with E-state index in [0.29, 0.717) is 0 Å². The van der Waals surface area contributed by atoms with Gasteiger partial charge in [0.1, 0.15) is 5.60 Å². The Morgan fingerprint density at radius 3 is 2.25 bits per heavy atom. The first kappa shape index (κ1) is 17.6. The molecular weight excluding hydrogens is 268 g/mol. The molecule has 4 heteroatoms. The zero-order valence-corrected chi connectivity index (χ0v) is 14.9. The Balaban J connectivity index is 2.97. The summed E-state index contributed by atoms with van der Waals surface area (Å²) < 4.78 is 6.52. The highest BCUT2D eigenvalue weighted by Gasteiger charge is 2.40. The summed E-state index contributed by atoms with van der Waals surface area (Å²) in [4.78, 5) is 11.6. The van der Waals surface area contributed by atoms with Crippen LogP contribution in [0, 0.1) is 0 Å². The first-order valence-corrected chi connectivity index (χ1v) is 10.4. The average Bonchev–Trinajstić information content (AvgIpc) is 2.77. The Kier molecular flexibility index (Phi) is 5.76. The molecule has 2 unspecified atom stereocenters. The number of hydrogen-bond donors (Lipinski definition) is 1. The second-order valence-electron chi connectivity index (χ2n) is 6.18. The lowest BCUT2D eigenvalue weighted by atomic mass is 9.89. The van der Waals surface area contributed by atoms with Crippen LogP contribution >= 0.6 is 0 Å². The summed E-state index contributed by atoms with van der Waals surface area (Å²) in [5, 5.41) is 10.4. The first-order chi connectivity index (χ1) is 9.24. The first-order valence-electron chi connectivity index (χ1n) is 7.85. The van der Waals surface area contributed by atoms with Gasteiger partial charge in [0.15, 0.2) is 14.1 Å². The molecule has 20 heavy (non-hydrogen) atoms. The molecule has 116 valence electrons. The molecule has 0 amide bonds. The van der Waals surface area contributed by atoms with E-state index in [4.69, 9.17) is 4.43 Å². The molecule has 0 saturated carbocycles. The summed E-state index contributed by atoms with van der Waals surface area (Å²) in [7, 11) is -1.64. The Hall–Kier alpha value is -0.453. The van der Waals surface area contributed by atoms with Crippen molar-refractivity contribution in [3.8, 4) is 0 Å². The molecule has 0 heterocycles. The maximum Gasteiger partial charge on any atom is 0.192 e. The van der Waals surface area contributed by atoms with Crippen molar-refractivity contribution in [2.45, 2.75) is 84.2 Å². The van der Waals surface area contributed by atoms with Gasteiger partial charge in [-0.3, -0.25) is 4.79 Å². The molecule has 1 N–H and O–H groups in total. The molecule has 0 radical (unpaired) electrons. The van der Waals surface area contributed by atoms with Crippen molar-refractivity contribution in [3.05, 3.63) is 11.1 Å². The fraction of sp³-hybridized carbons (Fsp3) is 0.812. The largest absolute Gasteiger partial charge is 0.410 e. The Bertz CT molecular complexity index is 386. The van der Waals surface area contributed by atoms with Crippen molar-refractivity contribution in [3.63, 3.8) is 0 Å². The third-order valence-electron chi connectivity index (χ3n) is 5.21. The van der Waals surface area contributed by atoms with Gasteiger partial charge >= 0.3 is 0 Å². The molecule has 0 aliphatic heterocycles. The predicted octanol–water partition coefficient (Wildman–Crippen LogP) is 3.83. The molecule has 3 nitrogen and oxygen atoms in total. The highest BCUT2D eigenvalue weighted by atomic mass is 28.4. The molecule has 1 aliphatic carbocycles. The second kappa shape index (κ2) is 6.54. The number of Topliss-reactive ketones (excluding diaryl/α,β-unsaturated/α-hetero) is 1. The third kappa shape index (κ3) is 3.23. The van der Waals surface area contributed by atoms with E-state index >= 15 is 0 Å². The molecule has 1 rings (SSSR count). The van der Waals surface area contributed by atoms with Crippen LogP contribution in [0.25, 0.3) is 0 Å². The topological polar surface area (TPSA) is 46.5 Å². The maximum absolute atomic E-state index is 11.6. The predicted molar refractivity (Wildman–Crippen MR) is 85.3 cm³/mol. The van der Waals surface area contributed by atoms with Gasteiger partial charge in [-0.15, -0.1) is 0 Å². The monoisotopic (exact) mass is 298 g/mol. The van der Waals surface area contributed by atoms with Gasteiger partial charge in [0.25, 0.3) is 0 Å². The van der Waals surface area contributed by atoms with Crippen LogP contribution in [0.5, 0.6) is 0 Å². The molecule has 1 aliphatic rings. The number of rotatable bonds is 7. The smallest absolute Gasteiger partial charge is 0.192 e. The van der Waals surface area contributed by atoms with Crippen molar-refractivity contribution in [1.29, 1.82) is 0 Å². The molecule has 0 aromatic heterocycles. The number of carbonyl (C=O) groups excluding carboxylic acids is 1. The lowest BCUT2D eigenvalue weighted by Gasteiger charge is -2.32. The summed E-state index contributed by atoms with van der Waals surface area (Å²) in [6.07, 6.45) is 1.77. The Morgan fingerprint density at radius 2 is 1.85 bits per heavy atom. The molecule has 0 saturated heterocycles. The third-order valence-corrected chi connectivity index (χ3v) is 9.86. The van der Waals surface area contributed by atoms with Crippen molar-refractivity contribution < 1.29 is 14.3 Å². The number of carbonyl (C=O) groups is 1. The normalized spacial score (nSPS) is 23.1. The molecule has 0 bridgehead atoms. The van der Waals surface area contributed by atoms with Crippen LogP contribution in [-0.4, -0.2) is 30.9 Å². The van der Waals surface area contributed by atoms with Crippen molar-refractivity contribution in [2.75, 3.05) is 0 Å². The van der Waals surface area contributed by atoms with E-state index in [-0.39, 0.29) is 11.9 Å². The van der Waals surface area contributed by atoms with Crippen molar-refractivity contribution in [1.82, 2.24) is 0 Å². The van der Waals surface area contributed by atoms with Gasteiger partial charge in [0, 0.05) is 0 Å². The van der Waals surface area contributed by atoms with Crippen molar-refractivity contribution >= 4 is 14.1 Å². The van der Waals surface area contributed by atoms with Gasteiger partial charge in [0.2, 0.25) is 0 Å². The maximum atomic E-state index is 11.6. The van der Waals surface area contributed by atoms with Crippen LogP contribution in [0.15, 0.2) is 11.1 Å². The molecule has 0 spiro atoms. The summed E-state index contributed by atoms with van der Waals surface area (Å²) >= 11 is 0. The van der Waals surface area contributed by atoms with E-state index in [2.05, 4.69) is 20.8 Å². The van der Waals surface area contributed by atoms with Gasteiger partial charge in [-0.25, -0.2) is 0 Å². The van der Waals surface area contributed by atoms with Gasteiger partial charge in [-0.05, 0) is 62.9 Å². The van der Waals surface area contributed by atoms with E-state index in [0.717, 1.165) is 42.1 Å². The standard InChI is InChI=1S/C16H30O3Si/c1-7-20(8-2,9-3)19-15-11-10-14(12(15)4)16(6,18)13(5)17/h15,18H,7-11H2,1-6H3. The fourth-order valence-corrected chi connectivity index (χ4v) is 6.07. The zero-order chi connectivity index (χ0) is 15.6. The molecule has 0 fully saturated rings.